The maximum atomic E-state index is 11.5. The zero-order valence-corrected chi connectivity index (χ0v) is 10.8. The molecule has 17 heavy (non-hydrogen) atoms. The fourth-order valence-corrected chi connectivity index (χ4v) is 1.99. The third-order valence-corrected chi connectivity index (χ3v) is 3.60. The average molecular weight is 245 g/mol. The molecule has 0 unspecified atom stereocenters. The van der Waals surface area contributed by atoms with Gasteiger partial charge in [0.1, 0.15) is 11.0 Å². The summed E-state index contributed by atoms with van der Waals surface area (Å²) in [6, 6.07) is 14.3. The zero-order valence-electron chi connectivity index (χ0n) is 9.96. The van der Waals surface area contributed by atoms with Crippen LogP contribution in [0.1, 0.15) is 19.4 Å². The molecule has 0 aromatic heterocycles. The number of benzene rings is 2. The molecule has 2 aromatic rings. The summed E-state index contributed by atoms with van der Waals surface area (Å²) >= 11 is 0. The molecule has 0 spiro atoms. The maximum Gasteiger partial charge on any atom is 0.141 e. The molecule has 0 N–H and O–H groups in total. The van der Waals surface area contributed by atoms with E-state index in [4.69, 9.17) is 0 Å². The van der Waals surface area contributed by atoms with Crippen molar-refractivity contribution in [2.45, 2.75) is 19.1 Å². The second kappa shape index (κ2) is 5.23. The van der Waals surface area contributed by atoms with Gasteiger partial charge in [0.2, 0.25) is 0 Å². The van der Waals surface area contributed by atoms with Gasteiger partial charge in [-0.25, -0.2) is 4.21 Å². The lowest BCUT2D eigenvalue weighted by Crippen LogP contribution is -2.02. The van der Waals surface area contributed by atoms with Crippen molar-refractivity contribution >= 4 is 28.0 Å². The summed E-state index contributed by atoms with van der Waals surface area (Å²) in [5.74, 6) is 0. The first-order valence-electron chi connectivity index (χ1n) is 5.60. The standard InChI is InChI=1S/C14H15NOS/c1-11(2)17(16)15-10-12-7-8-13-5-3-4-6-14(13)9-12/h3-11H,1-2H3/b15-10+/t17-/m0/s1. The van der Waals surface area contributed by atoms with E-state index in [0.29, 0.717) is 0 Å². The number of hydrogen-bond donors (Lipinski definition) is 0. The minimum atomic E-state index is -1.14. The van der Waals surface area contributed by atoms with Crippen molar-refractivity contribution < 1.29 is 4.21 Å². The van der Waals surface area contributed by atoms with Crippen molar-refractivity contribution in [3.63, 3.8) is 0 Å². The fraction of sp³-hybridized carbons (Fsp3) is 0.214. The highest BCUT2D eigenvalue weighted by Gasteiger charge is 2.01. The van der Waals surface area contributed by atoms with E-state index in [1.165, 1.54) is 10.8 Å². The van der Waals surface area contributed by atoms with Crippen LogP contribution in [0.15, 0.2) is 46.9 Å². The van der Waals surface area contributed by atoms with Gasteiger partial charge in [0, 0.05) is 6.21 Å². The van der Waals surface area contributed by atoms with Gasteiger partial charge in [-0.2, -0.15) is 4.40 Å². The monoisotopic (exact) mass is 245 g/mol. The van der Waals surface area contributed by atoms with Crippen LogP contribution in [0.25, 0.3) is 10.8 Å². The Kier molecular flexibility index (Phi) is 3.69. The Bertz CT molecular complexity index is 575. The van der Waals surface area contributed by atoms with Gasteiger partial charge in [-0.1, -0.05) is 36.4 Å². The summed E-state index contributed by atoms with van der Waals surface area (Å²) in [6.07, 6.45) is 1.68. The smallest absolute Gasteiger partial charge is 0.141 e. The summed E-state index contributed by atoms with van der Waals surface area (Å²) < 4.78 is 15.5. The number of rotatable bonds is 3. The summed E-state index contributed by atoms with van der Waals surface area (Å²) in [7, 11) is -1.14. The zero-order chi connectivity index (χ0) is 12.3. The Labute approximate surface area is 104 Å². The van der Waals surface area contributed by atoms with E-state index >= 15 is 0 Å². The van der Waals surface area contributed by atoms with Gasteiger partial charge in [0.05, 0.1) is 5.25 Å². The van der Waals surface area contributed by atoms with E-state index < -0.39 is 11.0 Å². The van der Waals surface area contributed by atoms with Gasteiger partial charge in [-0.15, -0.1) is 0 Å². The third kappa shape index (κ3) is 3.01. The second-order valence-electron chi connectivity index (χ2n) is 4.17. The van der Waals surface area contributed by atoms with E-state index in [1.54, 1.807) is 6.21 Å². The first-order valence-corrected chi connectivity index (χ1v) is 6.77. The van der Waals surface area contributed by atoms with E-state index in [9.17, 15) is 4.21 Å². The predicted octanol–water partition coefficient (Wildman–Crippen LogP) is 3.33. The molecule has 0 amide bonds. The quantitative estimate of drug-likeness (QED) is 0.763. The van der Waals surface area contributed by atoms with Crippen LogP contribution in [0.3, 0.4) is 0 Å². The largest absolute Gasteiger partial charge is 0.235 e. The van der Waals surface area contributed by atoms with Gasteiger partial charge in [0.25, 0.3) is 0 Å². The molecular formula is C14H15NOS. The molecule has 0 aliphatic carbocycles. The lowest BCUT2D eigenvalue weighted by atomic mass is 10.1. The highest BCUT2D eigenvalue weighted by molar-refractivity contribution is 7.84. The average Bonchev–Trinajstić information content (AvgIpc) is 2.35. The van der Waals surface area contributed by atoms with Crippen LogP contribution in [0.5, 0.6) is 0 Å². The number of nitrogens with zero attached hydrogens (tertiary/aromatic N) is 1. The van der Waals surface area contributed by atoms with Crippen LogP contribution in [0.4, 0.5) is 0 Å². The highest BCUT2D eigenvalue weighted by atomic mass is 32.2. The summed E-state index contributed by atoms with van der Waals surface area (Å²) in [4.78, 5) is 0. The molecule has 2 nitrogen and oxygen atoms in total. The van der Waals surface area contributed by atoms with Crippen LogP contribution in [0.2, 0.25) is 0 Å². The molecule has 3 heteroatoms. The van der Waals surface area contributed by atoms with Crippen LogP contribution >= 0.6 is 0 Å². The van der Waals surface area contributed by atoms with Crippen LogP contribution < -0.4 is 0 Å². The molecule has 2 rings (SSSR count). The molecule has 0 bridgehead atoms. The minimum absolute atomic E-state index is 0.0618. The Balaban J connectivity index is 2.28. The lowest BCUT2D eigenvalue weighted by Gasteiger charge is -2.00. The molecule has 0 heterocycles. The highest BCUT2D eigenvalue weighted by Crippen LogP contribution is 2.14. The Morgan fingerprint density at radius 3 is 2.53 bits per heavy atom. The van der Waals surface area contributed by atoms with Gasteiger partial charge < -0.3 is 0 Å². The van der Waals surface area contributed by atoms with Crippen molar-refractivity contribution in [3.8, 4) is 0 Å². The molecule has 0 radical (unpaired) electrons. The summed E-state index contributed by atoms with van der Waals surface area (Å²) in [5.41, 5.74) is 0.984. The first-order chi connectivity index (χ1) is 8.16. The van der Waals surface area contributed by atoms with Crippen molar-refractivity contribution in [3.05, 3.63) is 48.0 Å². The van der Waals surface area contributed by atoms with E-state index in [1.807, 2.05) is 32.0 Å². The molecule has 88 valence electrons. The third-order valence-electron chi connectivity index (χ3n) is 2.48. The van der Waals surface area contributed by atoms with Crippen molar-refractivity contribution in [2.24, 2.45) is 4.40 Å². The van der Waals surface area contributed by atoms with E-state index in [2.05, 4.69) is 28.7 Å². The number of fused-ring (bicyclic) bond motifs is 1. The number of hydrogen-bond acceptors (Lipinski definition) is 1. The fourth-order valence-electron chi connectivity index (χ4n) is 1.52. The van der Waals surface area contributed by atoms with Crippen LogP contribution in [0, 0.1) is 0 Å². The Hall–Kier alpha value is -1.48. The van der Waals surface area contributed by atoms with E-state index in [0.717, 1.165) is 5.56 Å². The molecule has 0 fully saturated rings. The first kappa shape index (κ1) is 12.0. The molecule has 0 aliphatic heterocycles. The van der Waals surface area contributed by atoms with Crippen molar-refractivity contribution in [2.75, 3.05) is 0 Å². The molecule has 0 saturated heterocycles. The molecular weight excluding hydrogens is 230 g/mol. The Morgan fingerprint density at radius 2 is 1.82 bits per heavy atom. The topological polar surface area (TPSA) is 29.4 Å². The molecule has 1 atom stereocenters. The second-order valence-corrected chi connectivity index (χ2v) is 5.87. The van der Waals surface area contributed by atoms with Gasteiger partial charge in [-0.3, -0.25) is 0 Å². The van der Waals surface area contributed by atoms with Gasteiger partial charge in [-0.05, 0) is 36.2 Å². The summed E-state index contributed by atoms with van der Waals surface area (Å²) in [5, 5.41) is 2.44. The van der Waals surface area contributed by atoms with Crippen LogP contribution in [-0.4, -0.2) is 15.7 Å². The Morgan fingerprint density at radius 1 is 1.12 bits per heavy atom. The normalized spacial score (nSPS) is 13.6. The lowest BCUT2D eigenvalue weighted by molar-refractivity contribution is 0.678. The van der Waals surface area contributed by atoms with Crippen LogP contribution in [-0.2, 0) is 11.0 Å². The van der Waals surface area contributed by atoms with Crippen molar-refractivity contribution in [1.29, 1.82) is 0 Å². The SMILES string of the molecule is CC(C)[S@](=O)/N=C/c1ccc2ccccc2c1. The van der Waals surface area contributed by atoms with Crippen molar-refractivity contribution in [1.82, 2.24) is 0 Å². The van der Waals surface area contributed by atoms with Gasteiger partial charge >= 0.3 is 0 Å². The molecule has 0 saturated carbocycles. The van der Waals surface area contributed by atoms with Gasteiger partial charge in [0.15, 0.2) is 0 Å². The predicted molar refractivity (Wildman–Crippen MR) is 74.8 cm³/mol. The minimum Gasteiger partial charge on any atom is -0.235 e. The molecule has 2 aromatic carbocycles. The van der Waals surface area contributed by atoms with E-state index in [-0.39, 0.29) is 5.25 Å². The molecule has 0 aliphatic rings. The maximum absolute atomic E-state index is 11.5. The summed E-state index contributed by atoms with van der Waals surface area (Å²) in [6.45, 7) is 3.79.